The zero-order valence-corrected chi connectivity index (χ0v) is 22.8. The van der Waals surface area contributed by atoms with Gasteiger partial charge in [-0.05, 0) is 61.1 Å². The number of aryl methyl sites for hydroxylation is 1. The van der Waals surface area contributed by atoms with Gasteiger partial charge in [-0.25, -0.2) is 4.98 Å². The van der Waals surface area contributed by atoms with E-state index < -0.39 is 17.6 Å². The van der Waals surface area contributed by atoms with Crippen molar-refractivity contribution in [1.29, 1.82) is 0 Å². The van der Waals surface area contributed by atoms with Crippen LogP contribution in [0.15, 0.2) is 42.6 Å². The molecule has 1 saturated heterocycles. The van der Waals surface area contributed by atoms with Crippen LogP contribution in [0.2, 0.25) is 0 Å². The van der Waals surface area contributed by atoms with Gasteiger partial charge >= 0.3 is 6.18 Å². The first-order valence-electron chi connectivity index (χ1n) is 13.4. The molecule has 0 spiro atoms. The number of benzene rings is 2. The largest absolute Gasteiger partial charge is 0.416 e. The summed E-state index contributed by atoms with van der Waals surface area (Å²) in [5, 5.41) is 5.48. The number of carbonyl (C=O) groups is 2. The van der Waals surface area contributed by atoms with Crippen LogP contribution < -0.4 is 10.6 Å². The molecule has 8 nitrogen and oxygen atoms in total. The van der Waals surface area contributed by atoms with E-state index >= 15 is 0 Å². The van der Waals surface area contributed by atoms with E-state index in [1.54, 1.807) is 29.8 Å². The SMILES string of the molecule is Cc1ccc(C(=O)Nc2ccc(CN3CCOCC3)c(C(F)(F)F)c2)cc1C#Cc1cnc(C(=O)NC2CC2)n1C. The lowest BCUT2D eigenvalue weighted by Crippen LogP contribution is -2.36. The van der Waals surface area contributed by atoms with Gasteiger partial charge in [-0.2, -0.15) is 13.2 Å². The Morgan fingerprint density at radius 3 is 2.54 bits per heavy atom. The van der Waals surface area contributed by atoms with Gasteiger partial charge in [0.25, 0.3) is 11.8 Å². The minimum atomic E-state index is -4.57. The number of ether oxygens (including phenoxy) is 1. The van der Waals surface area contributed by atoms with Crippen LogP contribution >= 0.6 is 0 Å². The fraction of sp³-hybridized carbons (Fsp3) is 0.367. The maximum atomic E-state index is 13.9. The number of carbonyl (C=O) groups excluding carboxylic acids is 2. The Kier molecular flexibility index (Phi) is 8.15. The Hall–Kier alpha value is -4.14. The molecule has 2 aliphatic rings. The molecule has 0 bridgehead atoms. The smallest absolute Gasteiger partial charge is 0.379 e. The third-order valence-electron chi connectivity index (χ3n) is 7.10. The van der Waals surface area contributed by atoms with Crippen LogP contribution in [-0.4, -0.2) is 58.6 Å². The lowest BCUT2D eigenvalue weighted by Gasteiger charge is -2.27. The van der Waals surface area contributed by atoms with Crippen LogP contribution in [0.5, 0.6) is 0 Å². The topological polar surface area (TPSA) is 88.5 Å². The van der Waals surface area contributed by atoms with Crippen LogP contribution in [0.3, 0.4) is 0 Å². The van der Waals surface area contributed by atoms with E-state index in [1.807, 2.05) is 11.8 Å². The highest BCUT2D eigenvalue weighted by atomic mass is 19.4. The molecule has 11 heteroatoms. The number of aromatic nitrogens is 2. The normalized spacial score (nSPS) is 15.6. The van der Waals surface area contributed by atoms with Crippen molar-refractivity contribution in [3.05, 3.63) is 81.9 Å². The van der Waals surface area contributed by atoms with Gasteiger partial charge in [0.05, 0.1) is 25.0 Å². The van der Waals surface area contributed by atoms with E-state index in [1.165, 1.54) is 18.3 Å². The molecule has 0 atom stereocenters. The average Bonchev–Trinajstić information content (AvgIpc) is 3.68. The van der Waals surface area contributed by atoms with Gasteiger partial charge in [-0.1, -0.05) is 18.1 Å². The van der Waals surface area contributed by atoms with Crippen LogP contribution in [0.4, 0.5) is 18.9 Å². The molecule has 2 amide bonds. The third kappa shape index (κ3) is 6.96. The molecule has 3 aromatic rings. The first kappa shape index (κ1) is 28.4. The molecule has 41 heavy (non-hydrogen) atoms. The molecule has 0 radical (unpaired) electrons. The number of rotatable bonds is 6. The van der Waals surface area contributed by atoms with Gasteiger partial charge in [0.2, 0.25) is 0 Å². The molecule has 1 saturated carbocycles. The Morgan fingerprint density at radius 2 is 1.83 bits per heavy atom. The maximum absolute atomic E-state index is 13.9. The number of nitrogens with zero attached hydrogens (tertiary/aromatic N) is 3. The van der Waals surface area contributed by atoms with E-state index in [2.05, 4.69) is 27.5 Å². The molecule has 2 fully saturated rings. The number of alkyl halides is 3. The second kappa shape index (κ2) is 11.8. The summed E-state index contributed by atoms with van der Waals surface area (Å²) in [6.45, 7) is 4.08. The molecule has 2 N–H and O–H groups in total. The molecular weight excluding hydrogens is 535 g/mol. The Labute approximate surface area is 235 Å². The Balaban J connectivity index is 1.32. The van der Waals surface area contributed by atoms with Crippen LogP contribution in [0, 0.1) is 18.8 Å². The summed E-state index contributed by atoms with van der Waals surface area (Å²) in [5.74, 6) is 5.48. The number of hydrogen-bond donors (Lipinski definition) is 2. The average molecular weight is 566 g/mol. The van der Waals surface area contributed by atoms with E-state index in [-0.39, 0.29) is 41.1 Å². The van der Waals surface area contributed by atoms with Gasteiger partial charge in [0.15, 0.2) is 5.82 Å². The summed E-state index contributed by atoms with van der Waals surface area (Å²) >= 11 is 0. The summed E-state index contributed by atoms with van der Waals surface area (Å²) in [6.07, 6.45) is -1.12. The maximum Gasteiger partial charge on any atom is 0.416 e. The Morgan fingerprint density at radius 1 is 1.07 bits per heavy atom. The standard InChI is InChI=1S/C30H30F3N5O3/c1-19-3-4-21(15-20(19)6-10-25-17-34-27(37(25)2)29(40)35-23-8-9-23)28(39)36-24-7-5-22(26(16-24)30(31,32)33)18-38-11-13-41-14-12-38/h3-5,7,15-17,23H,8-9,11-14,18H2,1-2H3,(H,35,40)(H,36,39). The summed E-state index contributed by atoms with van der Waals surface area (Å²) in [4.78, 5) is 31.5. The molecule has 214 valence electrons. The fourth-order valence-corrected chi connectivity index (χ4v) is 4.50. The second-order valence-corrected chi connectivity index (χ2v) is 10.3. The summed E-state index contributed by atoms with van der Waals surface area (Å²) in [7, 11) is 1.71. The van der Waals surface area contributed by atoms with Crippen LogP contribution in [0.1, 0.15) is 61.8 Å². The van der Waals surface area contributed by atoms with Crippen molar-refractivity contribution in [2.24, 2.45) is 7.05 Å². The number of amides is 2. The first-order valence-corrected chi connectivity index (χ1v) is 13.4. The van der Waals surface area contributed by atoms with Crippen LogP contribution in [-0.2, 0) is 24.5 Å². The number of imidazole rings is 1. The molecule has 2 heterocycles. The summed E-state index contributed by atoms with van der Waals surface area (Å²) in [5.41, 5.74) is 1.58. The number of hydrogen-bond acceptors (Lipinski definition) is 5. The van der Waals surface area contributed by atoms with Gasteiger partial charge < -0.3 is 19.9 Å². The summed E-state index contributed by atoms with van der Waals surface area (Å²) < 4.78 is 48.6. The van der Waals surface area contributed by atoms with E-state index in [0.29, 0.717) is 37.6 Å². The molecule has 0 unspecified atom stereocenters. The molecule has 1 aliphatic heterocycles. The molecule has 1 aromatic heterocycles. The predicted octanol–water partition coefficient (Wildman–Crippen LogP) is 4.12. The van der Waals surface area contributed by atoms with E-state index in [4.69, 9.17) is 4.74 Å². The molecule has 1 aliphatic carbocycles. The van der Waals surface area contributed by atoms with Crippen molar-refractivity contribution >= 4 is 17.5 Å². The van der Waals surface area contributed by atoms with Crippen molar-refractivity contribution in [3.8, 4) is 11.8 Å². The zero-order chi connectivity index (χ0) is 29.1. The minimum absolute atomic E-state index is 0.0492. The lowest BCUT2D eigenvalue weighted by atomic mass is 10.0. The minimum Gasteiger partial charge on any atom is -0.379 e. The third-order valence-corrected chi connectivity index (χ3v) is 7.10. The highest BCUT2D eigenvalue weighted by molar-refractivity contribution is 6.04. The molecule has 5 rings (SSSR count). The highest BCUT2D eigenvalue weighted by Gasteiger charge is 2.34. The van der Waals surface area contributed by atoms with Crippen molar-refractivity contribution in [3.63, 3.8) is 0 Å². The first-order chi connectivity index (χ1) is 19.6. The van der Waals surface area contributed by atoms with Crippen LogP contribution in [0.25, 0.3) is 0 Å². The van der Waals surface area contributed by atoms with Gasteiger partial charge in [0.1, 0.15) is 5.69 Å². The number of halogens is 3. The second-order valence-electron chi connectivity index (χ2n) is 10.3. The van der Waals surface area contributed by atoms with Gasteiger partial charge in [0, 0.05) is 49.5 Å². The zero-order valence-electron chi connectivity index (χ0n) is 22.8. The molecular formula is C30H30F3N5O3. The fourth-order valence-electron chi connectivity index (χ4n) is 4.50. The number of anilines is 1. The van der Waals surface area contributed by atoms with Crippen molar-refractivity contribution < 1.29 is 27.5 Å². The lowest BCUT2D eigenvalue weighted by molar-refractivity contribution is -0.138. The van der Waals surface area contributed by atoms with E-state index in [9.17, 15) is 22.8 Å². The van der Waals surface area contributed by atoms with Crippen molar-refractivity contribution in [1.82, 2.24) is 19.8 Å². The van der Waals surface area contributed by atoms with Gasteiger partial charge in [-0.15, -0.1) is 0 Å². The van der Waals surface area contributed by atoms with Crippen molar-refractivity contribution in [2.75, 3.05) is 31.6 Å². The Bertz CT molecular complexity index is 1530. The predicted molar refractivity (Wildman–Crippen MR) is 146 cm³/mol. The highest BCUT2D eigenvalue weighted by Crippen LogP contribution is 2.34. The van der Waals surface area contributed by atoms with E-state index in [0.717, 1.165) is 24.5 Å². The number of morpholine rings is 1. The quantitative estimate of drug-likeness (QED) is 0.439. The summed E-state index contributed by atoms with van der Waals surface area (Å²) in [6, 6.07) is 8.98. The number of nitrogens with one attached hydrogen (secondary N) is 2. The van der Waals surface area contributed by atoms with Gasteiger partial charge in [-0.3, -0.25) is 14.5 Å². The molecule has 2 aromatic carbocycles. The monoisotopic (exact) mass is 565 g/mol. The van der Waals surface area contributed by atoms with Crippen molar-refractivity contribution in [2.45, 2.75) is 38.5 Å².